The number of para-hydroxylation sites is 2. The predicted octanol–water partition coefficient (Wildman–Crippen LogP) is 4.71. The Morgan fingerprint density at radius 1 is 0.931 bits per heavy atom. The maximum atomic E-state index is 13.6. The van der Waals surface area contributed by atoms with Gasteiger partial charge in [0.25, 0.3) is 11.8 Å². The number of halogens is 1. The van der Waals surface area contributed by atoms with Gasteiger partial charge in [0.05, 0.1) is 22.3 Å². The van der Waals surface area contributed by atoms with E-state index in [1.807, 2.05) is 12.1 Å². The van der Waals surface area contributed by atoms with Crippen LogP contribution in [0.15, 0.2) is 83.3 Å². The van der Waals surface area contributed by atoms with Gasteiger partial charge in [0.2, 0.25) is 0 Å². The van der Waals surface area contributed by atoms with Crippen molar-refractivity contribution in [3.63, 3.8) is 0 Å². The van der Waals surface area contributed by atoms with E-state index in [4.69, 9.17) is 9.47 Å². The Kier molecular flexibility index (Phi) is 5.74. The molecule has 1 unspecified atom stereocenters. The molecule has 0 aromatic heterocycles. The smallest absolute Gasteiger partial charge is 0.269 e. The Labute approximate surface area is 177 Å². The first-order valence-electron chi connectivity index (χ1n) is 9.17. The highest BCUT2D eigenvalue weighted by Gasteiger charge is 2.30. The van der Waals surface area contributed by atoms with Crippen LogP contribution < -0.4 is 9.64 Å². The molecule has 0 spiro atoms. The van der Waals surface area contributed by atoms with Gasteiger partial charge in [-0.05, 0) is 52.3 Å². The third-order valence-corrected chi connectivity index (χ3v) is 5.08. The summed E-state index contributed by atoms with van der Waals surface area (Å²) in [6.07, 6.45) is 0.0428. The summed E-state index contributed by atoms with van der Waals surface area (Å²) in [4.78, 5) is 28.0. The normalized spacial score (nSPS) is 14.9. The number of hydrogen-bond donors (Lipinski definition) is 0. The lowest BCUT2D eigenvalue weighted by Crippen LogP contribution is -2.37. The van der Waals surface area contributed by atoms with Gasteiger partial charge in [0.15, 0.2) is 0 Å². The lowest BCUT2D eigenvalue weighted by molar-refractivity contribution is 0.0895. The molecule has 5 nitrogen and oxygen atoms in total. The second-order valence-electron chi connectivity index (χ2n) is 6.53. The molecular formula is C23H18BrNO4. The molecule has 1 aliphatic heterocycles. The summed E-state index contributed by atoms with van der Waals surface area (Å²) in [5.74, 6) is -0.467. The number of carbonyl (C=O) groups is 2. The topological polar surface area (TPSA) is 59.1 Å². The number of hydrogen-bond acceptors (Lipinski definition) is 4. The molecule has 1 aliphatic rings. The van der Waals surface area contributed by atoms with Gasteiger partial charge in [-0.3, -0.25) is 9.59 Å². The average Bonchev–Trinajstić information content (AvgIpc) is 3.58. The van der Waals surface area contributed by atoms with Gasteiger partial charge in [-0.25, -0.2) is 4.90 Å². The van der Waals surface area contributed by atoms with E-state index < -0.39 is 11.8 Å². The number of carbonyl (C=O) groups excluding carboxylic acids is 2. The minimum atomic E-state index is -0.460. The van der Waals surface area contributed by atoms with E-state index in [2.05, 4.69) is 15.9 Å². The van der Waals surface area contributed by atoms with Crippen LogP contribution in [0, 0.1) is 0 Å². The molecule has 1 fully saturated rings. The number of amides is 2. The predicted molar refractivity (Wildman–Crippen MR) is 113 cm³/mol. The SMILES string of the molecule is O=C(c1ccccc1)N(C(=O)c1cccc(Br)c1OCC1CO1)c1ccccc1. The van der Waals surface area contributed by atoms with Gasteiger partial charge in [0.1, 0.15) is 18.5 Å². The summed E-state index contributed by atoms with van der Waals surface area (Å²) in [5, 5.41) is 0. The number of benzene rings is 3. The summed E-state index contributed by atoms with van der Waals surface area (Å²) in [7, 11) is 0. The van der Waals surface area contributed by atoms with Gasteiger partial charge >= 0.3 is 0 Å². The van der Waals surface area contributed by atoms with Crippen LogP contribution in [-0.4, -0.2) is 31.1 Å². The van der Waals surface area contributed by atoms with Gasteiger partial charge in [0, 0.05) is 5.56 Å². The highest BCUT2D eigenvalue weighted by molar-refractivity contribution is 9.10. The zero-order valence-corrected chi connectivity index (χ0v) is 17.0. The summed E-state index contributed by atoms with van der Waals surface area (Å²) >= 11 is 3.45. The molecule has 3 aromatic rings. The third-order valence-electron chi connectivity index (χ3n) is 4.45. The van der Waals surface area contributed by atoms with Gasteiger partial charge in [-0.2, -0.15) is 0 Å². The largest absolute Gasteiger partial charge is 0.489 e. The van der Waals surface area contributed by atoms with Gasteiger partial charge in [-0.1, -0.05) is 42.5 Å². The van der Waals surface area contributed by atoms with Crippen molar-refractivity contribution in [3.8, 4) is 5.75 Å². The van der Waals surface area contributed by atoms with Crippen LogP contribution in [0.2, 0.25) is 0 Å². The van der Waals surface area contributed by atoms with Crippen LogP contribution in [0.4, 0.5) is 5.69 Å². The van der Waals surface area contributed by atoms with Gasteiger partial charge < -0.3 is 9.47 Å². The molecule has 29 heavy (non-hydrogen) atoms. The van der Waals surface area contributed by atoms with Crippen molar-refractivity contribution >= 4 is 33.4 Å². The molecule has 4 rings (SSSR count). The first-order chi connectivity index (χ1) is 14.1. The summed E-state index contributed by atoms with van der Waals surface area (Å²) < 4.78 is 11.7. The van der Waals surface area contributed by atoms with Crippen molar-refractivity contribution in [2.45, 2.75) is 6.10 Å². The van der Waals surface area contributed by atoms with E-state index in [1.54, 1.807) is 66.7 Å². The number of imide groups is 1. The van der Waals surface area contributed by atoms with E-state index in [-0.39, 0.29) is 6.10 Å². The Bertz CT molecular complexity index is 1020. The molecule has 0 aliphatic carbocycles. The van der Waals surface area contributed by atoms with Crippen molar-refractivity contribution in [1.29, 1.82) is 0 Å². The fourth-order valence-electron chi connectivity index (χ4n) is 2.90. The number of ether oxygens (including phenoxy) is 2. The molecule has 0 N–H and O–H groups in total. The Morgan fingerprint density at radius 2 is 1.59 bits per heavy atom. The van der Waals surface area contributed by atoms with Crippen molar-refractivity contribution in [3.05, 3.63) is 94.5 Å². The zero-order valence-electron chi connectivity index (χ0n) is 15.5. The highest BCUT2D eigenvalue weighted by atomic mass is 79.9. The van der Waals surface area contributed by atoms with Crippen LogP contribution in [0.1, 0.15) is 20.7 Å². The minimum absolute atomic E-state index is 0.0428. The number of rotatable bonds is 6. The molecule has 0 saturated carbocycles. The van der Waals surface area contributed by atoms with Crippen molar-refractivity contribution < 1.29 is 19.1 Å². The van der Waals surface area contributed by atoms with Crippen LogP contribution in [0.5, 0.6) is 5.75 Å². The summed E-state index contributed by atoms with van der Waals surface area (Å²) in [6, 6.07) is 22.8. The second kappa shape index (κ2) is 8.59. The first kappa shape index (κ1) is 19.4. The Morgan fingerprint density at radius 3 is 2.24 bits per heavy atom. The Balaban J connectivity index is 1.74. The third kappa shape index (κ3) is 4.39. The fourth-order valence-corrected chi connectivity index (χ4v) is 3.38. The van der Waals surface area contributed by atoms with Crippen LogP contribution in [-0.2, 0) is 4.74 Å². The molecule has 3 aromatic carbocycles. The van der Waals surface area contributed by atoms with E-state index in [9.17, 15) is 9.59 Å². The van der Waals surface area contributed by atoms with Gasteiger partial charge in [-0.15, -0.1) is 0 Å². The second-order valence-corrected chi connectivity index (χ2v) is 7.38. The number of nitrogens with zero attached hydrogens (tertiary/aromatic N) is 1. The number of epoxide rings is 1. The lowest BCUT2D eigenvalue weighted by atomic mass is 10.1. The minimum Gasteiger partial charge on any atom is -0.489 e. The van der Waals surface area contributed by atoms with E-state index in [0.717, 1.165) is 0 Å². The standard InChI is InChI=1S/C23H18BrNO4/c24-20-13-7-12-19(21(20)29-15-18-14-28-18)23(27)25(17-10-5-2-6-11-17)22(26)16-8-3-1-4-9-16/h1-13,18H,14-15H2. The van der Waals surface area contributed by atoms with Crippen molar-refractivity contribution in [2.24, 2.45) is 0 Å². The maximum Gasteiger partial charge on any atom is 0.269 e. The summed E-state index contributed by atoms with van der Waals surface area (Å²) in [6.45, 7) is 0.997. The Hall–Kier alpha value is -2.96. The van der Waals surface area contributed by atoms with Crippen LogP contribution in [0.25, 0.3) is 0 Å². The average molecular weight is 452 g/mol. The van der Waals surface area contributed by atoms with Crippen LogP contribution in [0.3, 0.4) is 0 Å². The molecule has 2 amide bonds. The number of anilines is 1. The molecule has 1 saturated heterocycles. The molecule has 1 heterocycles. The van der Waals surface area contributed by atoms with Crippen molar-refractivity contribution in [2.75, 3.05) is 18.1 Å². The monoisotopic (exact) mass is 451 g/mol. The van der Waals surface area contributed by atoms with Crippen molar-refractivity contribution in [1.82, 2.24) is 0 Å². The lowest BCUT2D eigenvalue weighted by Gasteiger charge is -2.23. The molecule has 146 valence electrons. The molecule has 0 radical (unpaired) electrons. The zero-order chi connectivity index (χ0) is 20.2. The fraction of sp³-hybridized carbons (Fsp3) is 0.130. The molecule has 6 heteroatoms. The molecular weight excluding hydrogens is 434 g/mol. The summed E-state index contributed by atoms with van der Waals surface area (Å²) in [5.41, 5.74) is 1.21. The van der Waals surface area contributed by atoms with E-state index in [1.165, 1.54) is 4.90 Å². The van der Waals surface area contributed by atoms with E-state index >= 15 is 0 Å². The first-order valence-corrected chi connectivity index (χ1v) is 9.96. The van der Waals surface area contributed by atoms with E-state index in [0.29, 0.717) is 40.3 Å². The highest BCUT2D eigenvalue weighted by Crippen LogP contribution is 2.32. The molecule has 0 bridgehead atoms. The quantitative estimate of drug-likeness (QED) is 0.402. The van der Waals surface area contributed by atoms with Crippen LogP contribution >= 0.6 is 15.9 Å². The molecule has 1 atom stereocenters. The maximum absolute atomic E-state index is 13.6.